The Hall–Kier alpha value is -3.10. The molecule has 2 rings (SSSR count). The first-order valence-electron chi connectivity index (χ1n) is 9.05. The number of ether oxygens (including phenoxy) is 1. The standard InChI is InChI=1S/C21H23F3N2O4/c1-11-16(12(2)25(4)17(11)20(29)30-6)18(27)13(3)26(5)19(28)14-7-9-15(10-8-14)21(22,23)24/h7-10,13H,1-6H3. The summed E-state index contributed by atoms with van der Waals surface area (Å²) in [6.07, 6.45) is -4.50. The van der Waals surface area contributed by atoms with E-state index in [9.17, 15) is 27.6 Å². The van der Waals surface area contributed by atoms with Gasteiger partial charge >= 0.3 is 12.1 Å². The van der Waals surface area contributed by atoms with Crippen LogP contribution in [0.15, 0.2) is 24.3 Å². The van der Waals surface area contributed by atoms with E-state index in [0.29, 0.717) is 16.8 Å². The van der Waals surface area contributed by atoms with E-state index in [1.165, 1.54) is 21.1 Å². The summed E-state index contributed by atoms with van der Waals surface area (Å²) >= 11 is 0. The van der Waals surface area contributed by atoms with Gasteiger partial charge in [0.15, 0.2) is 5.78 Å². The second kappa shape index (κ2) is 8.33. The Morgan fingerprint density at radius 3 is 2.10 bits per heavy atom. The number of rotatable bonds is 5. The number of amides is 1. The smallest absolute Gasteiger partial charge is 0.416 e. The molecule has 0 radical (unpaired) electrons. The number of esters is 1. The van der Waals surface area contributed by atoms with Crippen molar-refractivity contribution in [3.8, 4) is 0 Å². The number of carbonyl (C=O) groups is 3. The summed E-state index contributed by atoms with van der Waals surface area (Å²) in [4.78, 5) is 39.0. The number of hydrogen-bond acceptors (Lipinski definition) is 4. The minimum absolute atomic E-state index is 0.0295. The maximum atomic E-state index is 13.1. The lowest BCUT2D eigenvalue weighted by Crippen LogP contribution is -2.40. The molecule has 0 bridgehead atoms. The van der Waals surface area contributed by atoms with Crippen LogP contribution in [0, 0.1) is 13.8 Å². The van der Waals surface area contributed by atoms with E-state index in [2.05, 4.69) is 0 Å². The van der Waals surface area contributed by atoms with Crippen molar-refractivity contribution in [1.29, 1.82) is 0 Å². The molecule has 1 aromatic heterocycles. The lowest BCUT2D eigenvalue weighted by molar-refractivity contribution is -0.137. The molecule has 0 saturated carbocycles. The lowest BCUT2D eigenvalue weighted by atomic mass is 9.99. The van der Waals surface area contributed by atoms with Crippen molar-refractivity contribution in [1.82, 2.24) is 9.47 Å². The molecule has 0 N–H and O–H groups in total. The van der Waals surface area contributed by atoms with Crippen molar-refractivity contribution in [2.75, 3.05) is 14.2 Å². The van der Waals surface area contributed by atoms with Crippen LogP contribution in [0.4, 0.5) is 13.2 Å². The molecule has 1 aromatic carbocycles. The molecule has 0 saturated heterocycles. The van der Waals surface area contributed by atoms with E-state index in [1.54, 1.807) is 25.5 Å². The van der Waals surface area contributed by atoms with E-state index in [1.807, 2.05) is 0 Å². The number of Topliss-reactive ketones (excluding diaryl/α,β-unsaturated/α-hetero) is 1. The van der Waals surface area contributed by atoms with Gasteiger partial charge in [0, 0.05) is 30.9 Å². The van der Waals surface area contributed by atoms with Gasteiger partial charge in [-0.2, -0.15) is 13.2 Å². The quantitative estimate of drug-likeness (QED) is 0.541. The number of hydrogen-bond donors (Lipinski definition) is 0. The molecule has 0 aliphatic heterocycles. The van der Waals surface area contributed by atoms with Gasteiger partial charge in [-0.1, -0.05) is 0 Å². The van der Waals surface area contributed by atoms with Crippen LogP contribution in [0.25, 0.3) is 0 Å². The van der Waals surface area contributed by atoms with Crippen LogP contribution in [0.1, 0.15) is 54.9 Å². The second-order valence-corrected chi connectivity index (χ2v) is 7.02. The number of methoxy groups -OCH3 is 1. The Kier molecular flexibility index (Phi) is 6.44. The Bertz CT molecular complexity index is 991. The molecule has 1 heterocycles. The molecule has 0 spiro atoms. The van der Waals surface area contributed by atoms with Crippen molar-refractivity contribution >= 4 is 17.7 Å². The average molecular weight is 424 g/mol. The summed E-state index contributed by atoms with van der Waals surface area (Å²) in [6.45, 7) is 4.82. The van der Waals surface area contributed by atoms with E-state index >= 15 is 0 Å². The summed E-state index contributed by atoms with van der Waals surface area (Å²) in [7, 11) is 4.27. The number of carbonyl (C=O) groups excluding carboxylic acids is 3. The van der Waals surface area contributed by atoms with Gasteiger partial charge in [0.05, 0.1) is 18.7 Å². The predicted molar refractivity (Wildman–Crippen MR) is 104 cm³/mol. The Morgan fingerprint density at radius 1 is 1.10 bits per heavy atom. The molecule has 1 atom stereocenters. The number of nitrogens with zero attached hydrogens (tertiary/aromatic N) is 2. The highest BCUT2D eigenvalue weighted by atomic mass is 19.4. The number of aromatic nitrogens is 1. The van der Waals surface area contributed by atoms with Crippen LogP contribution in [0.3, 0.4) is 0 Å². The van der Waals surface area contributed by atoms with Gasteiger partial charge in [0.2, 0.25) is 0 Å². The normalized spacial score (nSPS) is 12.4. The molecule has 162 valence electrons. The SMILES string of the molecule is COC(=O)c1c(C)c(C(=O)C(C)N(C)C(=O)c2ccc(C(F)(F)F)cc2)c(C)n1C. The topological polar surface area (TPSA) is 68.6 Å². The molecular weight excluding hydrogens is 401 g/mol. The van der Waals surface area contributed by atoms with Gasteiger partial charge in [0.25, 0.3) is 5.91 Å². The predicted octanol–water partition coefficient (Wildman–Crippen LogP) is 3.79. The van der Waals surface area contributed by atoms with Gasteiger partial charge in [0.1, 0.15) is 5.69 Å². The maximum absolute atomic E-state index is 13.1. The minimum atomic E-state index is -4.50. The maximum Gasteiger partial charge on any atom is 0.416 e. The van der Waals surface area contributed by atoms with E-state index < -0.39 is 35.4 Å². The largest absolute Gasteiger partial charge is 0.464 e. The molecule has 30 heavy (non-hydrogen) atoms. The lowest BCUT2D eigenvalue weighted by Gasteiger charge is -2.24. The number of likely N-dealkylation sites (N-methyl/N-ethyl adjacent to an activating group) is 1. The zero-order valence-corrected chi connectivity index (χ0v) is 17.5. The van der Waals surface area contributed by atoms with Crippen LogP contribution in [0.2, 0.25) is 0 Å². The highest BCUT2D eigenvalue weighted by molar-refractivity contribution is 6.07. The Labute approximate surface area is 172 Å². The van der Waals surface area contributed by atoms with Crippen LogP contribution in [-0.4, -0.2) is 47.3 Å². The third-order valence-electron chi connectivity index (χ3n) is 5.30. The zero-order valence-electron chi connectivity index (χ0n) is 17.5. The molecule has 1 unspecified atom stereocenters. The number of halogens is 3. The molecule has 2 aromatic rings. The van der Waals surface area contributed by atoms with Crippen LogP contribution < -0.4 is 0 Å². The zero-order chi connectivity index (χ0) is 23.0. The first kappa shape index (κ1) is 23.2. The second-order valence-electron chi connectivity index (χ2n) is 7.02. The summed E-state index contributed by atoms with van der Waals surface area (Å²) < 4.78 is 44.5. The highest BCUT2D eigenvalue weighted by Gasteiger charge is 2.32. The van der Waals surface area contributed by atoms with Gasteiger partial charge in [-0.05, 0) is 50.6 Å². The third kappa shape index (κ3) is 4.10. The molecule has 9 heteroatoms. The fourth-order valence-electron chi connectivity index (χ4n) is 3.29. The summed E-state index contributed by atoms with van der Waals surface area (Å²) in [5.41, 5.74) is 0.688. The monoisotopic (exact) mass is 424 g/mol. The molecule has 6 nitrogen and oxygen atoms in total. The van der Waals surface area contributed by atoms with Gasteiger partial charge in [-0.3, -0.25) is 9.59 Å². The van der Waals surface area contributed by atoms with E-state index in [0.717, 1.165) is 29.2 Å². The molecular formula is C21H23F3N2O4. The molecule has 0 aliphatic rings. The summed E-state index contributed by atoms with van der Waals surface area (Å²) in [5, 5.41) is 0. The van der Waals surface area contributed by atoms with Crippen molar-refractivity contribution < 1.29 is 32.3 Å². The van der Waals surface area contributed by atoms with Crippen molar-refractivity contribution in [2.45, 2.75) is 33.0 Å². The fourth-order valence-corrected chi connectivity index (χ4v) is 3.29. The van der Waals surface area contributed by atoms with Crippen molar-refractivity contribution in [3.63, 3.8) is 0 Å². The van der Waals surface area contributed by atoms with E-state index in [4.69, 9.17) is 4.74 Å². The van der Waals surface area contributed by atoms with Crippen LogP contribution in [0.5, 0.6) is 0 Å². The summed E-state index contributed by atoms with van der Waals surface area (Å²) in [5.74, 6) is -1.57. The first-order valence-corrected chi connectivity index (χ1v) is 9.05. The molecule has 0 fully saturated rings. The van der Waals surface area contributed by atoms with Gasteiger partial charge in [-0.15, -0.1) is 0 Å². The first-order chi connectivity index (χ1) is 13.8. The average Bonchev–Trinajstić information content (AvgIpc) is 2.93. The highest BCUT2D eigenvalue weighted by Crippen LogP contribution is 2.29. The fraction of sp³-hybridized carbons (Fsp3) is 0.381. The number of alkyl halides is 3. The van der Waals surface area contributed by atoms with Crippen LogP contribution in [-0.2, 0) is 18.0 Å². The van der Waals surface area contributed by atoms with Crippen molar-refractivity contribution in [2.24, 2.45) is 7.05 Å². The van der Waals surface area contributed by atoms with Crippen molar-refractivity contribution in [3.05, 3.63) is 57.9 Å². The van der Waals surface area contributed by atoms with Gasteiger partial charge < -0.3 is 14.2 Å². The minimum Gasteiger partial charge on any atom is -0.464 e. The number of benzene rings is 1. The van der Waals surface area contributed by atoms with Gasteiger partial charge in [-0.25, -0.2) is 4.79 Å². The summed E-state index contributed by atoms with van der Waals surface area (Å²) in [6, 6.07) is 2.88. The third-order valence-corrected chi connectivity index (χ3v) is 5.30. The number of ketones is 1. The molecule has 1 amide bonds. The van der Waals surface area contributed by atoms with Crippen LogP contribution >= 0.6 is 0 Å². The Balaban J connectivity index is 2.32. The van der Waals surface area contributed by atoms with E-state index in [-0.39, 0.29) is 11.3 Å². The molecule has 0 aliphatic carbocycles. The Morgan fingerprint density at radius 2 is 1.63 bits per heavy atom.